The Hall–Kier alpha value is -1.98. The van der Waals surface area contributed by atoms with Gasteiger partial charge in [0, 0.05) is 18.1 Å². The summed E-state index contributed by atoms with van der Waals surface area (Å²) in [5.41, 5.74) is 4.54. The molecule has 3 rings (SSSR count). The van der Waals surface area contributed by atoms with E-state index in [0.29, 0.717) is 12.2 Å². The lowest BCUT2D eigenvalue weighted by Gasteiger charge is -2.26. The second-order valence-electron chi connectivity index (χ2n) is 6.30. The highest BCUT2D eigenvalue weighted by Gasteiger charge is 2.33. The highest BCUT2D eigenvalue weighted by atomic mass is 16.5. The lowest BCUT2D eigenvalue weighted by molar-refractivity contribution is 0.0583. The van der Waals surface area contributed by atoms with Crippen LogP contribution < -0.4 is 0 Å². The third kappa shape index (κ3) is 2.71. The molecule has 0 unspecified atom stereocenters. The molecule has 0 bridgehead atoms. The number of aryl methyl sites for hydroxylation is 3. The van der Waals surface area contributed by atoms with Gasteiger partial charge in [0.05, 0.1) is 36.4 Å². The Balaban J connectivity index is 2.08. The maximum Gasteiger partial charge on any atom is 0.254 e. The number of pyridine rings is 1. The van der Waals surface area contributed by atoms with Crippen molar-refractivity contribution in [2.24, 2.45) is 0 Å². The van der Waals surface area contributed by atoms with Gasteiger partial charge in [-0.25, -0.2) is 0 Å². The first kappa shape index (κ1) is 15.9. The molecule has 1 N–H and O–H groups in total. The number of carbonyl (C=O) groups is 1. The fraction of sp³-hybridized carbons (Fsp3) is 0.444. The maximum absolute atomic E-state index is 13.0. The van der Waals surface area contributed by atoms with Gasteiger partial charge in [-0.05, 0) is 38.0 Å². The summed E-state index contributed by atoms with van der Waals surface area (Å²) >= 11 is 0. The molecule has 5 nitrogen and oxygen atoms in total. The number of likely N-dealkylation sites (N-methyl/N-ethyl adjacent to an activating group) is 1. The van der Waals surface area contributed by atoms with Crippen molar-refractivity contribution in [1.29, 1.82) is 0 Å². The smallest absolute Gasteiger partial charge is 0.254 e. The monoisotopic (exact) mass is 314 g/mol. The zero-order valence-corrected chi connectivity index (χ0v) is 14.0. The van der Waals surface area contributed by atoms with Gasteiger partial charge >= 0.3 is 0 Å². The summed E-state index contributed by atoms with van der Waals surface area (Å²) in [5.74, 6) is -0.113. The zero-order chi connectivity index (χ0) is 16.7. The second kappa shape index (κ2) is 5.91. The molecule has 1 aliphatic rings. The summed E-state index contributed by atoms with van der Waals surface area (Å²) in [6, 6.07) is 5.47. The fourth-order valence-electron chi connectivity index (χ4n) is 3.08. The molecule has 1 amide bonds. The van der Waals surface area contributed by atoms with Crippen LogP contribution in [0.1, 0.15) is 27.2 Å². The quantitative estimate of drug-likeness (QED) is 0.921. The van der Waals surface area contributed by atoms with Gasteiger partial charge in [0.2, 0.25) is 0 Å². The minimum Gasteiger partial charge on any atom is -0.388 e. The highest BCUT2D eigenvalue weighted by Crippen LogP contribution is 2.26. The van der Waals surface area contributed by atoms with Crippen molar-refractivity contribution in [3.8, 4) is 0 Å². The van der Waals surface area contributed by atoms with Gasteiger partial charge in [-0.3, -0.25) is 9.78 Å². The van der Waals surface area contributed by atoms with E-state index < -0.39 is 6.10 Å². The molecule has 122 valence electrons. The minimum atomic E-state index is -0.637. The molecule has 2 heterocycles. The Kier molecular flexibility index (Phi) is 4.08. The minimum absolute atomic E-state index is 0.113. The first-order chi connectivity index (χ1) is 10.9. The zero-order valence-electron chi connectivity index (χ0n) is 14.0. The molecule has 2 atom stereocenters. The predicted molar refractivity (Wildman–Crippen MR) is 88.7 cm³/mol. The van der Waals surface area contributed by atoms with Crippen molar-refractivity contribution in [1.82, 2.24) is 9.88 Å². The van der Waals surface area contributed by atoms with E-state index in [1.807, 2.05) is 39.0 Å². The number of aliphatic hydroxyl groups excluding tert-OH is 1. The number of benzene rings is 1. The number of hydrogen-bond acceptors (Lipinski definition) is 4. The van der Waals surface area contributed by atoms with Gasteiger partial charge in [0.15, 0.2) is 0 Å². The van der Waals surface area contributed by atoms with Crippen LogP contribution in [-0.4, -0.2) is 53.3 Å². The van der Waals surface area contributed by atoms with Crippen molar-refractivity contribution in [3.63, 3.8) is 0 Å². The Morgan fingerprint density at radius 2 is 2.04 bits per heavy atom. The van der Waals surface area contributed by atoms with Gasteiger partial charge in [0.25, 0.3) is 5.91 Å². The van der Waals surface area contributed by atoms with Gasteiger partial charge in [0.1, 0.15) is 0 Å². The van der Waals surface area contributed by atoms with Gasteiger partial charge in [-0.15, -0.1) is 0 Å². The summed E-state index contributed by atoms with van der Waals surface area (Å²) in [6.45, 7) is 6.60. The number of aromatic nitrogens is 1. The average molecular weight is 314 g/mol. The van der Waals surface area contributed by atoms with Crippen molar-refractivity contribution < 1.29 is 14.6 Å². The molecule has 1 aromatic carbocycles. The molecule has 5 heteroatoms. The van der Waals surface area contributed by atoms with Crippen LogP contribution in [0.4, 0.5) is 0 Å². The average Bonchev–Trinajstić information content (AvgIpc) is 2.95. The standard InChI is InChI=1S/C18H22N2O3/c1-10-5-6-13-14(7-11(2)19-17(13)12(10)3)18(22)20(4)15-8-23-9-16(15)21/h5-7,15-16,21H,8-9H2,1-4H3/t15-,16-/m0/s1. The molecule has 1 aromatic heterocycles. The number of amides is 1. The molecule has 2 aromatic rings. The Morgan fingerprint density at radius 1 is 1.30 bits per heavy atom. The van der Waals surface area contributed by atoms with E-state index in [-0.39, 0.29) is 18.6 Å². The van der Waals surface area contributed by atoms with Crippen LogP contribution in [0.15, 0.2) is 18.2 Å². The van der Waals surface area contributed by atoms with Crippen LogP contribution in [0.3, 0.4) is 0 Å². The number of nitrogens with zero attached hydrogens (tertiary/aromatic N) is 2. The van der Waals surface area contributed by atoms with E-state index in [0.717, 1.165) is 27.7 Å². The molecule has 23 heavy (non-hydrogen) atoms. The molecular weight excluding hydrogens is 292 g/mol. The highest BCUT2D eigenvalue weighted by molar-refractivity contribution is 6.07. The van der Waals surface area contributed by atoms with Crippen LogP contribution >= 0.6 is 0 Å². The van der Waals surface area contributed by atoms with E-state index in [9.17, 15) is 9.90 Å². The normalized spacial score (nSPS) is 20.9. The Bertz CT molecular complexity index is 772. The second-order valence-corrected chi connectivity index (χ2v) is 6.30. The molecule has 0 radical (unpaired) electrons. The molecular formula is C18H22N2O3. The van der Waals surface area contributed by atoms with Crippen LogP contribution in [0.25, 0.3) is 10.9 Å². The van der Waals surface area contributed by atoms with Gasteiger partial charge in [-0.2, -0.15) is 0 Å². The number of hydrogen-bond donors (Lipinski definition) is 1. The van der Waals surface area contributed by atoms with Gasteiger partial charge < -0.3 is 14.7 Å². The number of ether oxygens (including phenoxy) is 1. The molecule has 1 fully saturated rings. The first-order valence-corrected chi connectivity index (χ1v) is 7.80. The largest absolute Gasteiger partial charge is 0.388 e. The van der Waals surface area contributed by atoms with Crippen LogP contribution in [0.5, 0.6) is 0 Å². The number of rotatable bonds is 2. The van der Waals surface area contributed by atoms with Gasteiger partial charge in [-0.1, -0.05) is 12.1 Å². The Morgan fingerprint density at radius 3 is 2.70 bits per heavy atom. The van der Waals surface area contributed by atoms with Crippen molar-refractivity contribution in [2.75, 3.05) is 20.3 Å². The number of fused-ring (bicyclic) bond motifs is 1. The summed E-state index contributed by atoms with van der Waals surface area (Å²) in [6.07, 6.45) is -0.637. The van der Waals surface area contributed by atoms with Crippen molar-refractivity contribution in [3.05, 3.63) is 40.6 Å². The van der Waals surface area contributed by atoms with Crippen LogP contribution in [0, 0.1) is 20.8 Å². The first-order valence-electron chi connectivity index (χ1n) is 7.80. The van der Waals surface area contributed by atoms with E-state index in [1.54, 1.807) is 11.9 Å². The topological polar surface area (TPSA) is 62.7 Å². The van der Waals surface area contributed by atoms with Crippen molar-refractivity contribution >= 4 is 16.8 Å². The lowest BCUT2D eigenvalue weighted by atomic mass is 10.00. The summed E-state index contributed by atoms with van der Waals surface area (Å²) in [5, 5.41) is 10.8. The SMILES string of the molecule is Cc1cc(C(=O)N(C)[C@H]2COC[C@@H]2O)c2ccc(C)c(C)c2n1. The van der Waals surface area contributed by atoms with Crippen LogP contribution in [0.2, 0.25) is 0 Å². The summed E-state index contributed by atoms with van der Waals surface area (Å²) in [4.78, 5) is 19.2. The fourth-order valence-corrected chi connectivity index (χ4v) is 3.08. The maximum atomic E-state index is 13.0. The van der Waals surface area contributed by atoms with E-state index in [4.69, 9.17) is 4.74 Å². The van der Waals surface area contributed by atoms with Crippen molar-refractivity contribution in [2.45, 2.75) is 32.9 Å². The summed E-state index contributed by atoms with van der Waals surface area (Å²) in [7, 11) is 1.72. The molecule has 1 aliphatic heterocycles. The Labute approximate surface area is 135 Å². The number of aliphatic hydroxyl groups is 1. The van der Waals surface area contributed by atoms with E-state index in [2.05, 4.69) is 4.98 Å². The van der Waals surface area contributed by atoms with E-state index in [1.165, 1.54) is 0 Å². The predicted octanol–water partition coefficient (Wildman–Crippen LogP) is 1.99. The number of carbonyl (C=O) groups excluding carboxylic acids is 1. The van der Waals surface area contributed by atoms with Crippen LogP contribution in [-0.2, 0) is 4.74 Å². The van der Waals surface area contributed by atoms with E-state index >= 15 is 0 Å². The third-order valence-electron chi connectivity index (χ3n) is 4.70. The lowest BCUT2D eigenvalue weighted by Crippen LogP contribution is -2.44. The summed E-state index contributed by atoms with van der Waals surface area (Å²) < 4.78 is 5.27. The molecule has 0 spiro atoms. The molecule has 0 aliphatic carbocycles. The molecule has 0 saturated carbocycles. The third-order valence-corrected chi connectivity index (χ3v) is 4.70. The molecule has 1 saturated heterocycles.